The predicted octanol–water partition coefficient (Wildman–Crippen LogP) is 1.97. The van der Waals surface area contributed by atoms with Crippen molar-refractivity contribution in [2.24, 2.45) is 5.41 Å². The summed E-state index contributed by atoms with van der Waals surface area (Å²) in [7, 11) is 0. The van der Waals surface area contributed by atoms with Crippen LogP contribution in [0.15, 0.2) is 0 Å². The Balaban J connectivity index is 2.04. The van der Waals surface area contributed by atoms with Gasteiger partial charge in [-0.1, -0.05) is 6.42 Å². The highest BCUT2D eigenvalue weighted by atomic mass is 16.5. The molecule has 0 amide bonds. The zero-order chi connectivity index (χ0) is 8.86. The van der Waals surface area contributed by atoms with Crippen LogP contribution in [0.2, 0.25) is 0 Å². The highest BCUT2D eigenvalue weighted by Gasteiger charge is 2.35. The molecule has 0 bridgehead atoms. The van der Waals surface area contributed by atoms with E-state index in [4.69, 9.17) is 9.84 Å². The van der Waals surface area contributed by atoms with Crippen LogP contribution >= 0.6 is 0 Å². The van der Waals surface area contributed by atoms with Gasteiger partial charge in [0.15, 0.2) is 0 Å². The zero-order valence-electron chi connectivity index (χ0n) is 8.01. The smallest absolute Gasteiger partial charge is 0.0487 e. The third kappa shape index (κ3) is 2.46. The first kappa shape index (κ1) is 10.0. The molecule has 1 saturated carbocycles. The summed E-state index contributed by atoms with van der Waals surface area (Å²) >= 11 is 0. The quantitative estimate of drug-likeness (QED) is 0.621. The largest absolute Gasteiger partial charge is 0.396 e. The molecule has 2 heteroatoms. The SMILES string of the molecule is CCOCCCC1(CO)CCC1. The van der Waals surface area contributed by atoms with Gasteiger partial charge < -0.3 is 9.84 Å². The lowest BCUT2D eigenvalue weighted by Gasteiger charge is -2.40. The average Bonchev–Trinajstić information content (AvgIpc) is 2.02. The van der Waals surface area contributed by atoms with E-state index in [-0.39, 0.29) is 5.41 Å². The molecule has 1 rings (SSSR count). The molecule has 0 aromatic heterocycles. The third-order valence-electron chi connectivity index (χ3n) is 2.95. The van der Waals surface area contributed by atoms with Crippen LogP contribution in [0.1, 0.15) is 39.0 Å². The first-order valence-corrected chi connectivity index (χ1v) is 5.01. The lowest BCUT2D eigenvalue weighted by atomic mass is 9.67. The fourth-order valence-corrected chi connectivity index (χ4v) is 1.86. The Hall–Kier alpha value is -0.0800. The molecular formula is C10H20O2. The van der Waals surface area contributed by atoms with Crippen molar-refractivity contribution in [2.75, 3.05) is 19.8 Å². The van der Waals surface area contributed by atoms with E-state index in [9.17, 15) is 0 Å². The molecule has 12 heavy (non-hydrogen) atoms. The molecule has 1 aliphatic carbocycles. The van der Waals surface area contributed by atoms with E-state index in [2.05, 4.69) is 0 Å². The van der Waals surface area contributed by atoms with Crippen molar-refractivity contribution in [1.29, 1.82) is 0 Å². The minimum Gasteiger partial charge on any atom is -0.396 e. The van der Waals surface area contributed by atoms with E-state index < -0.39 is 0 Å². The van der Waals surface area contributed by atoms with E-state index in [0.717, 1.165) is 26.1 Å². The molecule has 0 radical (unpaired) electrons. The van der Waals surface area contributed by atoms with Gasteiger partial charge >= 0.3 is 0 Å². The molecule has 0 aromatic carbocycles. The lowest BCUT2D eigenvalue weighted by molar-refractivity contribution is 0.0246. The maximum atomic E-state index is 9.15. The molecular weight excluding hydrogens is 152 g/mol. The minimum absolute atomic E-state index is 0.289. The highest BCUT2D eigenvalue weighted by Crippen LogP contribution is 2.44. The molecule has 0 saturated heterocycles. The standard InChI is InChI=1S/C10H20O2/c1-2-12-8-4-7-10(9-11)5-3-6-10/h11H,2-9H2,1H3. The number of hydrogen-bond acceptors (Lipinski definition) is 2. The van der Waals surface area contributed by atoms with Gasteiger partial charge in [0.1, 0.15) is 0 Å². The molecule has 0 unspecified atom stereocenters. The van der Waals surface area contributed by atoms with Gasteiger partial charge in [0.05, 0.1) is 0 Å². The molecule has 0 aliphatic heterocycles. The highest BCUT2D eigenvalue weighted by molar-refractivity contribution is 4.86. The maximum Gasteiger partial charge on any atom is 0.0487 e. The molecule has 0 aromatic rings. The van der Waals surface area contributed by atoms with Crippen molar-refractivity contribution in [3.8, 4) is 0 Å². The minimum atomic E-state index is 0.289. The zero-order valence-corrected chi connectivity index (χ0v) is 8.01. The summed E-state index contributed by atoms with van der Waals surface area (Å²) in [6.07, 6.45) is 5.98. The lowest BCUT2D eigenvalue weighted by Crippen LogP contribution is -2.33. The summed E-state index contributed by atoms with van der Waals surface area (Å²) in [4.78, 5) is 0. The Labute approximate surface area is 74.9 Å². The summed E-state index contributed by atoms with van der Waals surface area (Å²) in [5, 5.41) is 9.15. The van der Waals surface area contributed by atoms with Gasteiger partial charge in [0.25, 0.3) is 0 Å². The van der Waals surface area contributed by atoms with E-state index in [1.807, 2.05) is 6.92 Å². The first-order chi connectivity index (χ1) is 5.83. The Morgan fingerprint density at radius 1 is 1.42 bits per heavy atom. The van der Waals surface area contributed by atoms with Crippen molar-refractivity contribution >= 4 is 0 Å². The summed E-state index contributed by atoms with van der Waals surface area (Å²) in [6, 6.07) is 0. The predicted molar refractivity (Wildman–Crippen MR) is 49.1 cm³/mol. The van der Waals surface area contributed by atoms with Crippen LogP contribution in [0.5, 0.6) is 0 Å². The molecule has 1 N–H and O–H groups in total. The molecule has 0 spiro atoms. The molecule has 72 valence electrons. The van der Waals surface area contributed by atoms with Crippen LogP contribution in [0, 0.1) is 5.41 Å². The number of aliphatic hydroxyl groups excluding tert-OH is 1. The fourth-order valence-electron chi connectivity index (χ4n) is 1.86. The normalized spacial score (nSPS) is 20.5. The summed E-state index contributed by atoms with van der Waals surface area (Å²) < 4.78 is 5.26. The number of rotatable bonds is 6. The second kappa shape index (κ2) is 4.83. The van der Waals surface area contributed by atoms with E-state index in [1.54, 1.807) is 0 Å². The fraction of sp³-hybridized carbons (Fsp3) is 1.00. The average molecular weight is 172 g/mol. The van der Waals surface area contributed by atoms with Crippen LogP contribution in [0.25, 0.3) is 0 Å². The number of hydrogen-bond donors (Lipinski definition) is 1. The number of ether oxygens (including phenoxy) is 1. The van der Waals surface area contributed by atoms with Crippen LogP contribution in [-0.2, 0) is 4.74 Å². The van der Waals surface area contributed by atoms with Gasteiger partial charge in [-0.05, 0) is 38.0 Å². The Morgan fingerprint density at radius 3 is 2.58 bits per heavy atom. The summed E-state index contributed by atoms with van der Waals surface area (Å²) in [6.45, 7) is 4.06. The van der Waals surface area contributed by atoms with Crippen molar-refractivity contribution in [1.82, 2.24) is 0 Å². The Bertz CT molecular complexity index is 113. The molecule has 0 heterocycles. The molecule has 1 aliphatic rings. The van der Waals surface area contributed by atoms with Crippen molar-refractivity contribution < 1.29 is 9.84 Å². The van der Waals surface area contributed by atoms with Gasteiger partial charge in [-0.25, -0.2) is 0 Å². The monoisotopic (exact) mass is 172 g/mol. The van der Waals surface area contributed by atoms with Crippen molar-refractivity contribution in [3.63, 3.8) is 0 Å². The van der Waals surface area contributed by atoms with Crippen LogP contribution in [-0.4, -0.2) is 24.9 Å². The Morgan fingerprint density at radius 2 is 2.17 bits per heavy atom. The maximum absolute atomic E-state index is 9.15. The summed E-state index contributed by atoms with van der Waals surface area (Å²) in [5.41, 5.74) is 0.289. The van der Waals surface area contributed by atoms with Crippen LogP contribution in [0.4, 0.5) is 0 Å². The summed E-state index contributed by atoms with van der Waals surface area (Å²) in [5.74, 6) is 0. The second-order valence-corrected chi connectivity index (χ2v) is 3.81. The van der Waals surface area contributed by atoms with Crippen molar-refractivity contribution in [2.45, 2.75) is 39.0 Å². The molecule has 0 atom stereocenters. The van der Waals surface area contributed by atoms with Gasteiger partial charge in [0.2, 0.25) is 0 Å². The van der Waals surface area contributed by atoms with Gasteiger partial charge in [0, 0.05) is 19.8 Å². The second-order valence-electron chi connectivity index (χ2n) is 3.81. The number of aliphatic hydroxyl groups is 1. The first-order valence-electron chi connectivity index (χ1n) is 5.01. The van der Waals surface area contributed by atoms with Crippen LogP contribution < -0.4 is 0 Å². The van der Waals surface area contributed by atoms with E-state index >= 15 is 0 Å². The molecule has 2 nitrogen and oxygen atoms in total. The van der Waals surface area contributed by atoms with E-state index in [0.29, 0.717) is 6.61 Å². The van der Waals surface area contributed by atoms with Gasteiger partial charge in [-0.15, -0.1) is 0 Å². The van der Waals surface area contributed by atoms with Gasteiger partial charge in [-0.3, -0.25) is 0 Å². The Kier molecular flexibility index (Phi) is 4.02. The van der Waals surface area contributed by atoms with E-state index in [1.165, 1.54) is 19.3 Å². The van der Waals surface area contributed by atoms with Crippen molar-refractivity contribution in [3.05, 3.63) is 0 Å². The third-order valence-corrected chi connectivity index (χ3v) is 2.95. The van der Waals surface area contributed by atoms with Gasteiger partial charge in [-0.2, -0.15) is 0 Å². The topological polar surface area (TPSA) is 29.5 Å². The van der Waals surface area contributed by atoms with Crippen LogP contribution in [0.3, 0.4) is 0 Å². The molecule has 1 fully saturated rings.